The molecule has 0 N–H and O–H groups in total. The average Bonchev–Trinajstić information content (AvgIpc) is 3.33. The summed E-state index contributed by atoms with van der Waals surface area (Å²) in [6.07, 6.45) is 2.32. The van der Waals surface area contributed by atoms with Crippen molar-refractivity contribution < 1.29 is 22.6 Å². The molecule has 0 radical (unpaired) electrons. The summed E-state index contributed by atoms with van der Waals surface area (Å²) in [4.78, 5) is 13.2. The Morgan fingerprint density at radius 3 is 2.21 bits per heavy atom. The first-order valence-electron chi connectivity index (χ1n) is 12.4. The number of hydrogen-bond donors (Lipinski definition) is 0. The molecule has 39 heavy (non-hydrogen) atoms. The topological polar surface area (TPSA) is 131 Å². The first-order valence-corrected chi connectivity index (χ1v) is 14.1. The fraction of sp³-hybridized carbons (Fsp3) is 0.370. The second kappa shape index (κ2) is 11.9. The average molecular weight is 553 g/mol. The molecular formula is C27H32N6O5S. The van der Waals surface area contributed by atoms with Gasteiger partial charge in [-0.1, -0.05) is 12.1 Å². The van der Waals surface area contributed by atoms with Gasteiger partial charge in [0.05, 0.1) is 37.1 Å². The Hall–Kier alpha value is -3.90. The number of rotatable bonds is 11. The van der Waals surface area contributed by atoms with Gasteiger partial charge in [0.1, 0.15) is 34.7 Å². The molecule has 0 saturated heterocycles. The van der Waals surface area contributed by atoms with Gasteiger partial charge in [-0.15, -0.1) is 10.2 Å². The Bertz CT molecular complexity index is 1520. The second-order valence-corrected chi connectivity index (χ2v) is 11.3. The van der Waals surface area contributed by atoms with Gasteiger partial charge in [-0.25, -0.2) is 13.4 Å². The van der Waals surface area contributed by atoms with Crippen LogP contribution in [-0.2, 0) is 20.3 Å². The lowest BCUT2D eigenvalue weighted by Crippen LogP contribution is -2.30. The number of aromatic nitrogens is 6. The Morgan fingerprint density at radius 1 is 0.923 bits per heavy atom. The summed E-state index contributed by atoms with van der Waals surface area (Å²) < 4.78 is 46.5. The first-order chi connectivity index (χ1) is 18.7. The molecule has 0 unspecified atom stereocenters. The highest BCUT2D eigenvalue weighted by molar-refractivity contribution is 7.91. The van der Waals surface area contributed by atoms with Gasteiger partial charge in [0.15, 0.2) is 21.5 Å². The van der Waals surface area contributed by atoms with E-state index >= 15 is 0 Å². The van der Waals surface area contributed by atoms with Crippen molar-refractivity contribution in [2.75, 3.05) is 20.8 Å². The normalized spacial score (nSPS) is 13.2. The van der Waals surface area contributed by atoms with Gasteiger partial charge in [-0.05, 0) is 52.0 Å². The molecule has 0 bridgehead atoms. The minimum absolute atomic E-state index is 0.174. The van der Waals surface area contributed by atoms with Crippen molar-refractivity contribution in [3.8, 4) is 28.7 Å². The molecule has 11 nitrogen and oxygen atoms in total. The van der Waals surface area contributed by atoms with Crippen LogP contribution >= 0.6 is 0 Å². The first kappa shape index (κ1) is 28.1. The monoisotopic (exact) mass is 552 g/mol. The van der Waals surface area contributed by atoms with Gasteiger partial charge < -0.3 is 14.2 Å². The van der Waals surface area contributed by atoms with E-state index in [4.69, 9.17) is 14.2 Å². The van der Waals surface area contributed by atoms with E-state index in [1.54, 1.807) is 55.1 Å². The maximum absolute atomic E-state index is 13.9. The minimum atomic E-state index is -3.86. The van der Waals surface area contributed by atoms with Crippen LogP contribution in [0.1, 0.15) is 42.9 Å². The SMILES string of the molecule is CCO[C@H](c1cnc(C)cn1)[C@H](C)S(=O)(=O)Cc1nnc(-c2cccc(C)n2)n1-c1c(OC)cccc1OC. The Kier molecular flexibility index (Phi) is 8.56. The van der Waals surface area contributed by atoms with Crippen molar-refractivity contribution in [3.05, 3.63) is 71.7 Å². The van der Waals surface area contributed by atoms with E-state index in [0.717, 1.165) is 11.4 Å². The maximum atomic E-state index is 13.9. The number of sulfone groups is 1. The molecular weight excluding hydrogens is 520 g/mol. The van der Waals surface area contributed by atoms with Crippen LogP contribution in [0.2, 0.25) is 0 Å². The fourth-order valence-electron chi connectivity index (χ4n) is 4.22. The minimum Gasteiger partial charge on any atom is -0.494 e. The highest BCUT2D eigenvalue weighted by atomic mass is 32.2. The Labute approximate surface area is 228 Å². The predicted molar refractivity (Wildman–Crippen MR) is 146 cm³/mol. The lowest BCUT2D eigenvalue weighted by atomic mass is 10.2. The molecule has 0 aliphatic heterocycles. The molecule has 0 amide bonds. The van der Waals surface area contributed by atoms with Crippen LogP contribution in [0.4, 0.5) is 0 Å². The Balaban J connectivity index is 1.84. The summed E-state index contributed by atoms with van der Waals surface area (Å²) in [5, 5.41) is 7.73. The Morgan fingerprint density at radius 2 is 1.62 bits per heavy atom. The molecule has 2 atom stereocenters. The lowest BCUT2D eigenvalue weighted by Gasteiger charge is -2.23. The quantitative estimate of drug-likeness (QED) is 0.270. The van der Waals surface area contributed by atoms with E-state index < -0.39 is 26.9 Å². The molecule has 3 aromatic heterocycles. The van der Waals surface area contributed by atoms with Crippen LogP contribution in [0.15, 0.2) is 48.8 Å². The van der Waals surface area contributed by atoms with Crippen molar-refractivity contribution in [1.29, 1.82) is 0 Å². The van der Waals surface area contributed by atoms with Crippen LogP contribution in [-0.4, -0.2) is 64.2 Å². The molecule has 0 aliphatic rings. The summed E-state index contributed by atoms with van der Waals surface area (Å²) in [6.45, 7) is 7.39. The smallest absolute Gasteiger partial charge is 0.187 e. The zero-order chi connectivity index (χ0) is 28.2. The summed E-state index contributed by atoms with van der Waals surface area (Å²) in [5.41, 5.74) is 2.93. The van der Waals surface area contributed by atoms with Gasteiger partial charge in [-0.3, -0.25) is 14.5 Å². The standard InChI is InChI=1S/C27H32N6O5S/c1-7-38-26(21-15-28-18(3)14-29-21)19(4)39(34,35)16-24-31-32-27(20-11-8-10-17(2)30-20)33(24)25-22(36-5)12-9-13-23(25)37-6/h8-15,19,26H,7,16H2,1-6H3/t19-,26-/m0/s1. The number of para-hydroxylation sites is 1. The third-order valence-electron chi connectivity index (χ3n) is 6.23. The number of methoxy groups -OCH3 is 2. The van der Waals surface area contributed by atoms with Crippen molar-refractivity contribution in [2.24, 2.45) is 0 Å². The molecule has 3 heterocycles. The van der Waals surface area contributed by atoms with E-state index in [0.29, 0.717) is 41.0 Å². The van der Waals surface area contributed by atoms with Crippen molar-refractivity contribution in [1.82, 2.24) is 29.7 Å². The number of benzene rings is 1. The van der Waals surface area contributed by atoms with Gasteiger partial charge in [0.25, 0.3) is 0 Å². The number of nitrogens with zero attached hydrogens (tertiary/aromatic N) is 6. The summed E-state index contributed by atoms with van der Waals surface area (Å²) in [6, 6.07) is 10.8. The highest BCUT2D eigenvalue weighted by Crippen LogP contribution is 2.37. The predicted octanol–water partition coefficient (Wildman–Crippen LogP) is 3.83. The summed E-state index contributed by atoms with van der Waals surface area (Å²) >= 11 is 0. The fourth-order valence-corrected chi connectivity index (χ4v) is 5.62. The third kappa shape index (κ3) is 5.91. The van der Waals surface area contributed by atoms with Crippen LogP contribution in [0.25, 0.3) is 17.2 Å². The van der Waals surface area contributed by atoms with Gasteiger partial charge in [-0.2, -0.15) is 0 Å². The molecule has 206 valence electrons. The molecule has 1 aromatic carbocycles. The number of ether oxygens (including phenoxy) is 3. The molecule has 4 rings (SSSR count). The molecule has 0 saturated carbocycles. The van der Waals surface area contributed by atoms with E-state index in [-0.39, 0.29) is 5.82 Å². The molecule has 0 spiro atoms. The van der Waals surface area contributed by atoms with Crippen LogP contribution in [0.5, 0.6) is 11.5 Å². The highest BCUT2D eigenvalue weighted by Gasteiger charge is 2.35. The number of hydrogen-bond acceptors (Lipinski definition) is 10. The molecule has 0 fully saturated rings. The lowest BCUT2D eigenvalue weighted by molar-refractivity contribution is 0.0586. The zero-order valence-electron chi connectivity index (χ0n) is 22.8. The molecule has 12 heteroatoms. The number of aryl methyl sites for hydroxylation is 2. The summed E-state index contributed by atoms with van der Waals surface area (Å²) in [5.74, 6) is 1.00. The van der Waals surface area contributed by atoms with Crippen molar-refractivity contribution in [2.45, 2.75) is 44.8 Å². The largest absolute Gasteiger partial charge is 0.494 e. The second-order valence-electron chi connectivity index (χ2n) is 8.92. The van der Waals surface area contributed by atoms with E-state index in [2.05, 4.69) is 25.1 Å². The molecule has 0 aliphatic carbocycles. The molecule has 4 aromatic rings. The van der Waals surface area contributed by atoms with E-state index in [9.17, 15) is 8.42 Å². The van der Waals surface area contributed by atoms with Crippen LogP contribution < -0.4 is 9.47 Å². The van der Waals surface area contributed by atoms with Crippen LogP contribution in [0, 0.1) is 13.8 Å². The van der Waals surface area contributed by atoms with Crippen molar-refractivity contribution in [3.63, 3.8) is 0 Å². The van der Waals surface area contributed by atoms with Gasteiger partial charge in [0.2, 0.25) is 0 Å². The van der Waals surface area contributed by atoms with E-state index in [1.165, 1.54) is 14.2 Å². The maximum Gasteiger partial charge on any atom is 0.187 e. The number of pyridine rings is 1. The third-order valence-corrected chi connectivity index (χ3v) is 8.28. The van der Waals surface area contributed by atoms with E-state index in [1.807, 2.05) is 26.0 Å². The summed E-state index contributed by atoms with van der Waals surface area (Å²) in [7, 11) is -0.800. The zero-order valence-corrected chi connectivity index (χ0v) is 23.6. The van der Waals surface area contributed by atoms with Gasteiger partial charge in [0, 0.05) is 18.5 Å². The van der Waals surface area contributed by atoms with Crippen LogP contribution in [0.3, 0.4) is 0 Å². The van der Waals surface area contributed by atoms with Crippen molar-refractivity contribution >= 4 is 9.84 Å². The van der Waals surface area contributed by atoms with Gasteiger partial charge >= 0.3 is 0 Å².